The zero-order chi connectivity index (χ0) is 17.5. The van der Waals surface area contributed by atoms with Gasteiger partial charge in [0.25, 0.3) is 5.91 Å². The molecule has 2 rings (SSSR count). The molecule has 10 heteroatoms. The van der Waals surface area contributed by atoms with E-state index in [0.717, 1.165) is 0 Å². The SMILES string of the molecule is O=C(COc1cccnc1[N+](=O)[O-])Nc1ccccc1OC(F)F. The molecule has 0 aliphatic rings. The van der Waals surface area contributed by atoms with Crippen molar-refractivity contribution in [3.8, 4) is 11.5 Å². The Hall–Kier alpha value is -3.30. The lowest BCUT2D eigenvalue weighted by molar-refractivity contribution is -0.390. The van der Waals surface area contributed by atoms with Gasteiger partial charge >= 0.3 is 12.4 Å². The van der Waals surface area contributed by atoms with E-state index >= 15 is 0 Å². The van der Waals surface area contributed by atoms with E-state index in [1.807, 2.05) is 0 Å². The van der Waals surface area contributed by atoms with Gasteiger partial charge in [-0.3, -0.25) is 4.79 Å². The highest BCUT2D eigenvalue weighted by molar-refractivity contribution is 5.93. The number of anilines is 1. The summed E-state index contributed by atoms with van der Waals surface area (Å²) < 4.78 is 33.9. The molecule has 0 spiro atoms. The Bertz CT molecular complexity index is 742. The van der Waals surface area contributed by atoms with Crippen molar-refractivity contribution in [2.75, 3.05) is 11.9 Å². The van der Waals surface area contributed by atoms with E-state index in [1.54, 1.807) is 0 Å². The maximum Gasteiger partial charge on any atom is 0.406 e. The van der Waals surface area contributed by atoms with Crippen molar-refractivity contribution in [2.45, 2.75) is 6.61 Å². The minimum atomic E-state index is -3.04. The average molecular weight is 339 g/mol. The Labute approximate surface area is 134 Å². The van der Waals surface area contributed by atoms with E-state index in [1.165, 1.54) is 42.6 Å². The molecule has 0 saturated heterocycles. The zero-order valence-electron chi connectivity index (χ0n) is 12.0. The van der Waals surface area contributed by atoms with Gasteiger partial charge in [-0.05, 0) is 34.2 Å². The number of hydrogen-bond acceptors (Lipinski definition) is 6. The summed E-state index contributed by atoms with van der Waals surface area (Å²) in [5.74, 6) is -1.65. The first-order valence-electron chi connectivity index (χ1n) is 6.53. The second kappa shape index (κ2) is 7.81. The third-order valence-corrected chi connectivity index (χ3v) is 2.66. The van der Waals surface area contributed by atoms with Crippen LogP contribution in [0, 0.1) is 10.1 Å². The van der Waals surface area contributed by atoms with Gasteiger partial charge in [0.05, 0.1) is 5.69 Å². The lowest BCUT2D eigenvalue weighted by Gasteiger charge is -2.12. The Kier molecular flexibility index (Phi) is 5.55. The monoisotopic (exact) mass is 339 g/mol. The number of nitro groups is 1. The van der Waals surface area contributed by atoms with E-state index < -0.39 is 29.9 Å². The average Bonchev–Trinajstić information content (AvgIpc) is 2.54. The molecule has 0 aliphatic heterocycles. The third-order valence-electron chi connectivity index (χ3n) is 2.66. The fourth-order valence-electron chi connectivity index (χ4n) is 1.73. The number of aromatic nitrogens is 1. The molecule has 1 aromatic heterocycles. The summed E-state index contributed by atoms with van der Waals surface area (Å²) in [6.45, 7) is -3.62. The van der Waals surface area contributed by atoms with Crippen LogP contribution in [0.4, 0.5) is 20.3 Å². The van der Waals surface area contributed by atoms with Crippen LogP contribution in [-0.2, 0) is 4.79 Å². The predicted molar refractivity (Wildman–Crippen MR) is 78.1 cm³/mol. The summed E-state index contributed by atoms with van der Waals surface area (Å²) in [7, 11) is 0. The normalized spacial score (nSPS) is 10.3. The first-order chi connectivity index (χ1) is 11.5. The highest BCUT2D eigenvalue weighted by atomic mass is 19.3. The van der Waals surface area contributed by atoms with Gasteiger partial charge in [-0.1, -0.05) is 12.1 Å². The molecule has 0 unspecified atom stereocenters. The number of rotatable bonds is 7. The summed E-state index contributed by atoms with van der Waals surface area (Å²) in [5, 5.41) is 13.1. The van der Waals surface area contributed by atoms with Gasteiger partial charge in [0.2, 0.25) is 5.75 Å². The summed E-state index contributed by atoms with van der Waals surface area (Å²) in [6.07, 6.45) is 1.21. The van der Waals surface area contributed by atoms with Crippen molar-refractivity contribution < 1.29 is 28.0 Å². The molecule has 126 valence electrons. The first-order valence-corrected chi connectivity index (χ1v) is 6.53. The summed E-state index contributed by atoms with van der Waals surface area (Å²) in [6, 6.07) is 8.29. The number of halogens is 2. The van der Waals surface area contributed by atoms with Crippen LogP contribution in [0.25, 0.3) is 0 Å². The number of benzene rings is 1. The molecule has 1 heterocycles. The van der Waals surface area contributed by atoms with Gasteiger partial charge in [0.1, 0.15) is 11.9 Å². The Balaban J connectivity index is 2.01. The number of amides is 1. The number of alkyl halides is 2. The van der Waals surface area contributed by atoms with Crippen LogP contribution < -0.4 is 14.8 Å². The van der Waals surface area contributed by atoms with Crippen LogP contribution in [0.2, 0.25) is 0 Å². The van der Waals surface area contributed by atoms with Crippen LogP contribution in [0.5, 0.6) is 11.5 Å². The van der Waals surface area contributed by atoms with E-state index in [2.05, 4.69) is 15.0 Å². The number of nitrogens with one attached hydrogen (secondary N) is 1. The summed E-state index contributed by atoms with van der Waals surface area (Å²) in [5.41, 5.74) is 0.0205. The van der Waals surface area contributed by atoms with Gasteiger partial charge in [-0.2, -0.15) is 8.78 Å². The highest BCUT2D eigenvalue weighted by Gasteiger charge is 2.17. The largest absolute Gasteiger partial charge is 0.476 e. The van der Waals surface area contributed by atoms with E-state index in [-0.39, 0.29) is 17.2 Å². The fourth-order valence-corrected chi connectivity index (χ4v) is 1.73. The second-order valence-corrected chi connectivity index (χ2v) is 4.29. The van der Waals surface area contributed by atoms with Crippen molar-refractivity contribution in [1.82, 2.24) is 4.98 Å². The quantitative estimate of drug-likeness (QED) is 0.614. The van der Waals surface area contributed by atoms with E-state index in [9.17, 15) is 23.7 Å². The van der Waals surface area contributed by atoms with Crippen molar-refractivity contribution in [2.24, 2.45) is 0 Å². The topological polar surface area (TPSA) is 104 Å². The molecule has 1 N–H and O–H groups in total. The number of ether oxygens (including phenoxy) is 2. The van der Waals surface area contributed by atoms with Gasteiger partial charge in [0.15, 0.2) is 6.61 Å². The molecule has 1 aromatic carbocycles. The predicted octanol–water partition coefficient (Wildman–Crippen LogP) is 2.61. The first kappa shape index (κ1) is 17.1. The van der Waals surface area contributed by atoms with E-state index in [4.69, 9.17) is 4.74 Å². The Morgan fingerprint density at radius 2 is 1.96 bits per heavy atom. The Morgan fingerprint density at radius 1 is 1.25 bits per heavy atom. The molecule has 0 atom stereocenters. The molecule has 0 aliphatic carbocycles. The molecule has 0 bridgehead atoms. The van der Waals surface area contributed by atoms with Crippen molar-refractivity contribution >= 4 is 17.4 Å². The van der Waals surface area contributed by atoms with Crippen molar-refractivity contribution in [1.29, 1.82) is 0 Å². The highest BCUT2D eigenvalue weighted by Crippen LogP contribution is 2.26. The van der Waals surface area contributed by atoms with Crippen molar-refractivity contribution in [3.05, 3.63) is 52.7 Å². The molecule has 0 radical (unpaired) electrons. The Morgan fingerprint density at radius 3 is 2.67 bits per heavy atom. The van der Waals surface area contributed by atoms with Crippen LogP contribution in [0.15, 0.2) is 42.6 Å². The molecule has 1 amide bonds. The van der Waals surface area contributed by atoms with Gasteiger partial charge in [0, 0.05) is 0 Å². The number of carbonyl (C=O) groups is 1. The third kappa shape index (κ3) is 4.60. The minimum Gasteiger partial charge on any atom is -0.476 e. The molecular formula is C14H11F2N3O5. The molecule has 2 aromatic rings. The van der Waals surface area contributed by atoms with Crippen LogP contribution >= 0.6 is 0 Å². The molecule has 0 saturated carbocycles. The van der Waals surface area contributed by atoms with Gasteiger partial charge < -0.3 is 24.9 Å². The number of nitrogens with zero attached hydrogens (tertiary/aromatic N) is 2. The lowest BCUT2D eigenvalue weighted by atomic mass is 10.3. The molecule has 8 nitrogen and oxygen atoms in total. The molecular weight excluding hydrogens is 328 g/mol. The standard InChI is InChI=1S/C14H11F2N3O5/c15-14(16)24-10-5-2-1-4-9(10)18-12(20)8-23-11-6-3-7-17-13(11)19(21)22/h1-7,14H,8H2,(H,18,20). The van der Waals surface area contributed by atoms with E-state index in [0.29, 0.717) is 0 Å². The summed E-state index contributed by atoms with van der Waals surface area (Å²) in [4.78, 5) is 25.4. The maximum absolute atomic E-state index is 12.3. The molecule has 24 heavy (non-hydrogen) atoms. The summed E-state index contributed by atoms with van der Waals surface area (Å²) >= 11 is 0. The fraction of sp³-hybridized carbons (Fsp3) is 0.143. The van der Waals surface area contributed by atoms with Crippen molar-refractivity contribution in [3.63, 3.8) is 0 Å². The smallest absolute Gasteiger partial charge is 0.406 e. The van der Waals surface area contributed by atoms with Crippen LogP contribution in [-0.4, -0.2) is 29.0 Å². The number of pyridine rings is 1. The maximum atomic E-state index is 12.3. The number of hydrogen-bond donors (Lipinski definition) is 1. The minimum absolute atomic E-state index is 0.0205. The second-order valence-electron chi connectivity index (χ2n) is 4.29. The van der Waals surface area contributed by atoms with Gasteiger partial charge in [-0.25, -0.2) is 0 Å². The van der Waals surface area contributed by atoms with Crippen LogP contribution in [0.1, 0.15) is 0 Å². The van der Waals surface area contributed by atoms with Crippen LogP contribution in [0.3, 0.4) is 0 Å². The molecule has 0 fully saturated rings. The van der Waals surface area contributed by atoms with Gasteiger partial charge in [-0.15, -0.1) is 0 Å². The zero-order valence-corrected chi connectivity index (χ0v) is 12.0. The number of carbonyl (C=O) groups excluding carboxylic acids is 1. The number of para-hydroxylation sites is 2. The lowest BCUT2D eigenvalue weighted by Crippen LogP contribution is -2.21.